The van der Waals surface area contributed by atoms with E-state index in [1.54, 1.807) is 0 Å². The van der Waals surface area contributed by atoms with E-state index in [2.05, 4.69) is 16.6 Å². The Bertz CT molecular complexity index is 392. The monoisotopic (exact) mass is 236 g/mol. The summed E-state index contributed by atoms with van der Waals surface area (Å²) in [6.07, 6.45) is 8.83. The van der Waals surface area contributed by atoms with Crippen LogP contribution >= 0.6 is 0 Å². The van der Waals surface area contributed by atoms with Crippen LogP contribution in [0.4, 0.5) is 0 Å². The number of imidazole rings is 1. The number of aromatic nitrogens is 2. The predicted molar refractivity (Wildman–Crippen MR) is 65.0 cm³/mol. The van der Waals surface area contributed by atoms with Gasteiger partial charge in [0.1, 0.15) is 5.82 Å². The van der Waals surface area contributed by atoms with Gasteiger partial charge >= 0.3 is 5.97 Å². The molecule has 1 saturated carbocycles. The first-order valence-corrected chi connectivity index (χ1v) is 6.40. The van der Waals surface area contributed by atoms with Crippen molar-refractivity contribution >= 4 is 5.97 Å². The summed E-state index contributed by atoms with van der Waals surface area (Å²) in [4.78, 5) is 14.9. The maximum absolute atomic E-state index is 10.5. The quantitative estimate of drug-likeness (QED) is 0.854. The number of nitrogens with zero attached hydrogens (tertiary/aromatic N) is 2. The zero-order valence-corrected chi connectivity index (χ0v) is 10.4. The highest BCUT2D eigenvalue weighted by Gasteiger charge is 2.21. The number of carboxylic acids is 1. The molecule has 1 N–H and O–H groups in total. The molecule has 0 amide bonds. The van der Waals surface area contributed by atoms with Crippen molar-refractivity contribution in [3.8, 4) is 0 Å². The van der Waals surface area contributed by atoms with Gasteiger partial charge in [-0.05, 0) is 19.3 Å². The summed E-state index contributed by atoms with van der Waals surface area (Å²) >= 11 is 0. The fraction of sp³-hybridized carbons (Fsp3) is 0.692. The van der Waals surface area contributed by atoms with Crippen molar-refractivity contribution < 1.29 is 9.90 Å². The molecule has 1 heterocycles. The van der Waals surface area contributed by atoms with Crippen LogP contribution in [0.25, 0.3) is 0 Å². The maximum Gasteiger partial charge on any atom is 0.303 e. The summed E-state index contributed by atoms with van der Waals surface area (Å²) in [6, 6.07) is 0. The van der Waals surface area contributed by atoms with E-state index in [-0.39, 0.29) is 6.42 Å². The Hall–Kier alpha value is -1.32. The molecule has 2 rings (SSSR count). The fourth-order valence-corrected chi connectivity index (χ4v) is 2.69. The van der Waals surface area contributed by atoms with Crippen molar-refractivity contribution in [1.82, 2.24) is 9.55 Å². The Morgan fingerprint density at radius 2 is 2.24 bits per heavy atom. The van der Waals surface area contributed by atoms with Crippen LogP contribution in [0.5, 0.6) is 0 Å². The standard InChI is InChI=1S/C13H20N2O2/c1-15-11(10-5-2-3-6-10)9-14-12(15)7-4-8-13(16)17/h9-10H,2-8H2,1H3,(H,16,17). The van der Waals surface area contributed by atoms with Gasteiger partial charge < -0.3 is 9.67 Å². The molecule has 94 valence electrons. The zero-order valence-electron chi connectivity index (χ0n) is 10.4. The van der Waals surface area contributed by atoms with Gasteiger partial charge in [0, 0.05) is 37.7 Å². The SMILES string of the molecule is Cn1c(C2CCCC2)cnc1CCCC(=O)O. The van der Waals surface area contributed by atoms with E-state index in [0.29, 0.717) is 12.3 Å². The van der Waals surface area contributed by atoms with Crippen LogP contribution in [0.2, 0.25) is 0 Å². The lowest BCUT2D eigenvalue weighted by atomic mass is 10.1. The van der Waals surface area contributed by atoms with Gasteiger partial charge in [-0.2, -0.15) is 0 Å². The highest BCUT2D eigenvalue weighted by molar-refractivity contribution is 5.66. The summed E-state index contributed by atoms with van der Waals surface area (Å²) in [5.74, 6) is 0.962. The molecule has 4 nitrogen and oxygen atoms in total. The number of aliphatic carboxylic acids is 1. The molecule has 1 aromatic heterocycles. The molecule has 0 bridgehead atoms. The minimum atomic E-state index is -0.727. The molecule has 0 spiro atoms. The molecular weight excluding hydrogens is 216 g/mol. The van der Waals surface area contributed by atoms with Crippen LogP contribution in [-0.2, 0) is 18.3 Å². The molecule has 4 heteroatoms. The molecule has 0 saturated heterocycles. The van der Waals surface area contributed by atoms with E-state index in [1.807, 2.05) is 6.20 Å². The van der Waals surface area contributed by atoms with Gasteiger partial charge in [-0.1, -0.05) is 12.8 Å². The summed E-state index contributed by atoms with van der Waals surface area (Å²) in [6.45, 7) is 0. The molecule has 0 radical (unpaired) electrons. The molecule has 1 aliphatic carbocycles. The highest BCUT2D eigenvalue weighted by atomic mass is 16.4. The van der Waals surface area contributed by atoms with Gasteiger partial charge in [0.25, 0.3) is 0 Å². The van der Waals surface area contributed by atoms with Gasteiger partial charge in [0.15, 0.2) is 0 Å². The molecule has 1 aromatic rings. The molecule has 0 atom stereocenters. The van der Waals surface area contributed by atoms with Gasteiger partial charge in [0.05, 0.1) is 0 Å². The van der Waals surface area contributed by atoms with Gasteiger partial charge in [0.2, 0.25) is 0 Å². The second-order valence-corrected chi connectivity index (χ2v) is 4.89. The number of hydrogen-bond donors (Lipinski definition) is 1. The van der Waals surface area contributed by atoms with Crippen molar-refractivity contribution in [2.24, 2.45) is 7.05 Å². The Balaban J connectivity index is 1.97. The van der Waals surface area contributed by atoms with Crippen molar-refractivity contribution in [2.75, 3.05) is 0 Å². The maximum atomic E-state index is 10.5. The molecular formula is C13H20N2O2. The zero-order chi connectivity index (χ0) is 12.3. The number of rotatable bonds is 5. The summed E-state index contributed by atoms with van der Waals surface area (Å²) in [5, 5.41) is 8.61. The Labute approximate surface area is 102 Å². The van der Waals surface area contributed by atoms with Gasteiger partial charge in [-0.15, -0.1) is 0 Å². The van der Waals surface area contributed by atoms with E-state index >= 15 is 0 Å². The Morgan fingerprint density at radius 1 is 1.53 bits per heavy atom. The van der Waals surface area contributed by atoms with E-state index in [4.69, 9.17) is 5.11 Å². The van der Waals surface area contributed by atoms with Crippen LogP contribution in [-0.4, -0.2) is 20.6 Å². The predicted octanol–water partition coefficient (Wildman–Crippen LogP) is 2.49. The first-order chi connectivity index (χ1) is 8.18. The lowest BCUT2D eigenvalue weighted by Gasteiger charge is -2.11. The van der Waals surface area contributed by atoms with Crippen LogP contribution in [0.1, 0.15) is 56.0 Å². The highest BCUT2D eigenvalue weighted by Crippen LogP contribution is 2.34. The van der Waals surface area contributed by atoms with E-state index in [9.17, 15) is 4.79 Å². The fourth-order valence-electron chi connectivity index (χ4n) is 2.69. The minimum Gasteiger partial charge on any atom is -0.481 e. The van der Waals surface area contributed by atoms with Crippen molar-refractivity contribution in [2.45, 2.75) is 50.9 Å². The third-order valence-electron chi connectivity index (χ3n) is 3.68. The number of aryl methyl sites for hydroxylation is 1. The average molecular weight is 236 g/mol. The molecule has 0 unspecified atom stereocenters. The smallest absolute Gasteiger partial charge is 0.303 e. The number of carbonyl (C=O) groups is 1. The lowest BCUT2D eigenvalue weighted by Crippen LogP contribution is -2.06. The van der Waals surface area contributed by atoms with Crippen LogP contribution < -0.4 is 0 Å². The first kappa shape index (κ1) is 12.1. The molecule has 17 heavy (non-hydrogen) atoms. The van der Waals surface area contributed by atoms with Crippen LogP contribution in [0.3, 0.4) is 0 Å². The normalized spacial score (nSPS) is 16.5. The molecule has 1 aliphatic rings. The van der Waals surface area contributed by atoms with Gasteiger partial charge in [-0.25, -0.2) is 4.98 Å². The van der Waals surface area contributed by atoms with Gasteiger partial charge in [-0.3, -0.25) is 4.79 Å². The van der Waals surface area contributed by atoms with Crippen molar-refractivity contribution in [3.63, 3.8) is 0 Å². The summed E-state index contributed by atoms with van der Waals surface area (Å²) < 4.78 is 2.16. The molecule has 1 fully saturated rings. The van der Waals surface area contributed by atoms with Crippen molar-refractivity contribution in [3.05, 3.63) is 17.7 Å². The molecule has 0 aliphatic heterocycles. The second-order valence-electron chi connectivity index (χ2n) is 4.89. The lowest BCUT2D eigenvalue weighted by molar-refractivity contribution is -0.137. The number of carboxylic acid groups (broad SMARTS) is 1. The first-order valence-electron chi connectivity index (χ1n) is 6.40. The number of hydrogen-bond acceptors (Lipinski definition) is 2. The van der Waals surface area contributed by atoms with Crippen LogP contribution in [0.15, 0.2) is 6.20 Å². The molecule has 0 aromatic carbocycles. The minimum absolute atomic E-state index is 0.228. The topological polar surface area (TPSA) is 55.1 Å². The third-order valence-corrected chi connectivity index (χ3v) is 3.68. The third kappa shape index (κ3) is 2.87. The Kier molecular flexibility index (Phi) is 3.82. The summed E-state index contributed by atoms with van der Waals surface area (Å²) in [5.41, 5.74) is 1.33. The summed E-state index contributed by atoms with van der Waals surface area (Å²) in [7, 11) is 2.05. The Morgan fingerprint density at radius 3 is 2.88 bits per heavy atom. The van der Waals surface area contributed by atoms with Crippen LogP contribution in [0, 0.1) is 0 Å². The van der Waals surface area contributed by atoms with Crippen molar-refractivity contribution in [1.29, 1.82) is 0 Å². The van der Waals surface area contributed by atoms with E-state index < -0.39 is 5.97 Å². The second kappa shape index (κ2) is 5.34. The van der Waals surface area contributed by atoms with E-state index in [0.717, 1.165) is 12.2 Å². The average Bonchev–Trinajstić information content (AvgIpc) is 2.88. The largest absolute Gasteiger partial charge is 0.481 e. The van der Waals surface area contributed by atoms with E-state index in [1.165, 1.54) is 31.4 Å².